The predicted octanol–water partition coefficient (Wildman–Crippen LogP) is 5.05. The minimum atomic E-state index is -0.346. The maximum absolute atomic E-state index is 12.4. The van der Waals surface area contributed by atoms with Gasteiger partial charge in [-0.2, -0.15) is 10.2 Å². The molecule has 0 aliphatic carbocycles. The number of hydrogen-bond donors (Lipinski definition) is 3. The number of H-pyrrole nitrogens is 1. The number of nitrogens with zero attached hydrogens (tertiary/aromatic N) is 4. The van der Waals surface area contributed by atoms with Crippen molar-refractivity contribution in [3.63, 3.8) is 0 Å². The lowest BCUT2D eigenvalue weighted by Crippen LogP contribution is -2.31. The number of benzene rings is 2. The molecule has 0 fully saturated rings. The molecule has 5 aromatic rings. The van der Waals surface area contributed by atoms with E-state index < -0.39 is 0 Å². The highest BCUT2D eigenvalue weighted by Crippen LogP contribution is 2.29. The first-order chi connectivity index (χ1) is 15.5. The third-order valence-electron chi connectivity index (χ3n) is 5.30. The van der Waals surface area contributed by atoms with Crippen LogP contribution in [0.15, 0.2) is 60.9 Å². The van der Waals surface area contributed by atoms with Crippen LogP contribution >= 0.6 is 11.6 Å². The zero-order chi connectivity index (χ0) is 22.2. The number of pyridine rings is 1. The van der Waals surface area contributed by atoms with Crippen LogP contribution in [0, 0.1) is 0 Å². The lowest BCUT2D eigenvalue weighted by atomic mass is 10.1. The third-order valence-corrected chi connectivity index (χ3v) is 5.55. The number of anilines is 1. The van der Waals surface area contributed by atoms with Gasteiger partial charge in [0, 0.05) is 46.9 Å². The highest BCUT2D eigenvalue weighted by Gasteiger charge is 2.13. The Bertz CT molecular complexity index is 1440. The van der Waals surface area contributed by atoms with E-state index in [1.165, 1.54) is 0 Å². The van der Waals surface area contributed by atoms with Crippen molar-refractivity contribution in [2.75, 3.05) is 5.32 Å². The van der Waals surface area contributed by atoms with E-state index >= 15 is 0 Å². The lowest BCUT2D eigenvalue weighted by Gasteiger charge is -2.15. The molecule has 0 aliphatic rings. The first-order valence-electron chi connectivity index (χ1n) is 10.1. The Labute approximate surface area is 188 Å². The molecule has 32 heavy (non-hydrogen) atoms. The van der Waals surface area contributed by atoms with Crippen molar-refractivity contribution in [2.24, 2.45) is 7.05 Å². The molecule has 3 N–H and O–H groups in total. The molecule has 3 heterocycles. The van der Waals surface area contributed by atoms with Crippen molar-refractivity contribution in [1.29, 1.82) is 0 Å². The van der Waals surface area contributed by atoms with E-state index in [2.05, 4.69) is 37.0 Å². The molecule has 1 atom stereocenters. The summed E-state index contributed by atoms with van der Waals surface area (Å²) < 4.78 is 1.79. The van der Waals surface area contributed by atoms with Gasteiger partial charge in [-0.15, -0.1) is 0 Å². The van der Waals surface area contributed by atoms with Gasteiger partial charge in [0.25, 0.3) is 0 Å². The number of fused-ring (bicyclic) bond motifs is 2. The summed E-state index contributed by atoms with van der Waals surface area (Å²) in [5.41, 5.74) is 4.43. The van der Waals surface area contributed by atoms with Crippen LogP contribution < -0.4 is 10.6 Å². The van der Waals surface area contributed by atoms with Gasteiger partial charge in [0.15, 0.2) is 0 Å². The average Bonchev–Trinajstić information content (AvgIpc) is 3.35. The van der Waals surface area contributed by atoms with Crippen molar-refractivity contribution < 1.29 is 4.79 Å². The highest BCUT2D eigenvalue weighted by molar-refractivity contribution is 6.30. The van der Waals surface area contributed by atoms with Gasteiger partial charge in [0.05, 0.1) is 17.1 Å². The number of aromatic nitrogens is 5. The van der Waals surface area contributed by atoms with E-state index in [9.17, 15) is 4.79 Å². The molecule has 1 unspecified atom stereocenters. The third kappa shape index (κ3) is 3.88. The topological polar surface area (TPSA) is 101 Å². The number of amides is 2. The summed E-state index contributed by atoms with van der Waals surface area (Å²) in [4.78, 5) is 16.8. The van der Waals surface area contributed by atoms with Crippen molar-refractivity contribution >= 4 is 45.3 Å². The first-order valence-corrected chi connectivity index (χ1v) is 10.4. The number of hydrogen-bond acceptors (Lipinski definition) is 4. The Hall–Kier alpha value is -3.91. The zero-order valence-corrected chi connectivity index (χ0v) is 18.2. The standard InChI is InChI=1S/C23H20ClN7O/c1-13(14-3-6-17(24)7-4-14)26-23(32)27-21-10-20-18(11-25-21)22(29-28-20)15-5-8-19-16(9-15)12-31(2)30-19/h3-13H,1-2H3,(H,28,29)(H2,25,26,27,32). The fourth-order valence-electron chi connectivity index (χ4n) is 3.68. The second kappa shape index (κ2) is 7.97. The fourth-order valence-corrected chi connectivity index (χ4v) is 3.81. The predicted molar refractivity (Wildman–Crippen MR) is 126 cm³/mol. The van der Waals surface area contributed by atoms with Crippen molar-refractivity contribution in [3.05, 3.63) is 71.5 Å². The van der Waals surface area contributed by atoms with Crippen LogP contribution in [0.1, 0.15) is 18.5 Å². The van der Waals surface area contributed by atoms with Gasteiger partial charge in [0.1, 0.15) is 11.5 Å². The Morgan fingerprint density at radius 1 is 1.16 bits per heavy atom. The Morgan fingerprint density at radius 3 is 2.78 bits per heavy atom. The van der Waals surface area contributed by atoms with Crippen LogP contribution in [0.5, 0.6) is 0 Å². The molecule has 5 rings (SSSR count). The largest absolute Gasteiger partial charge is 0.331 e. The van der Waals surface area contributed by atoms with E-state index in [1.54, 1.807) is 29.1 Å². The number of carbonyl (C=O) groups excluding carboxylic acids is 1. The quantitative estimate of drug-likeness (QED) is 0.360. The van der Waals surface area contributed by atoms with E-state index in [4.69, 9.17) is 11.6 Å². The fraction of sp³-hybridized carbons (Fsp3) is 0.130. The average molecular weight is 446 g/mol. The summed E-state index contributed by atoms with van der Waals surface area (Å²) in [6.07, 6.45) is 3.68. The molecule has 160 valence electrons. The number of halogens is 1. The Balaban J connectivity index is 1.33. The minimum absolute atomic E-state index is 0.183. The SMILES string of the molecule is CC(NC(=O)Nc1cc2[nH]nc(-c3ccc4nn(C)cc4c3)c2cn1)c1ccc(Cl)cc1. The number of rotatable bonds is 4. The van der Waals surface area contributed by atoms with E-state index in [0.29, 0.717) is 10.8 Å². The lowest BCUT2D eigenvalue weighted by molar-refractivity contribution is 0.249. The second-order valence-electron chi connectivity index (χ2n) is 7.64. The number of aryl methyl sites for hydroxylation is 1. The van der Waals surface area contributed by atoms with Crippen molar-refractivity contribution in [1.82, 2.24) is 30.3 Å². The molecule has 0 saturated carbocycles. The molecule has 3 aromatic heterocycles. The summed E-state index contributed by atoms with van der Waals surface area (Å²) in [5.74, 6) is 0.427. The summed E-state index contributed by atoms with van der Waals surface area (Å²) >= 11 is 5.92. The van der Waals surface area contributed by atoms with Crippen molar-refractivity contribution in [2.45, 2.75) is 13.0 Å². The summed E-state index contributed by atoms with van der Waals surface area (Å²) in [7, 11) is 1.90. The second-order valence-corrected chi connectivity index (χ2v) is 8.07. The molecular weight excluding hydrogens is 426 g/mol. The summed E-state index contributed by atoms with van der Waals surface area (Å²) in [6, 6.07) is 14.6. The molecule has 0 bridgehead atoms. The molecule has 9 heteroatoms. The molecule has 8 nitrogen and oxygen atoms in total. The molecule has 2 aromatic carbocycles. The maximum Gasteiger partial charge on any atom is 0.320 e. The van der Waals surface area contributed by atoms with Gasteiger partial charge in [0.2, 0.25) is 0 Å². The van der Waals surface area contributed by atoms with Crippen LogP contribution in [0.3, 0.4) is 0 Å². The maximum atomic E-state index is 12.4. The van der Waals surface area contributed by atoms with Crippen LogP contribution in [-0.4, -0.2) is 31.0 Å². The Morgan fingerprint density at radius 2 is 1.97 bits per heavy atom. The molecule has 0 radical (unpaired) electrons. The van der Waals surface area contributed by atoms with Crippen LogP contribution in [-0.2, 0) is 7.05 Å². The van der Waals surface area contributed by atoms with Crippen LogP contribution in [0.4, 0.5) is 10.6 Å². The van der Waals surface area contributed by atoms with Crippen molar-refractivity contribution in [3.8, 4) is 11.3 Å². The van der Waals surface area contributed by atoms with E-state index in [1.807, 2.05) is 44.4 Å². The number of aromatic amines is 1. The van der Waals surface area contributed by atoms with E-state index in [0.717, 1.165) is 38.6 Å². The smallest absolute Gasteiger partial charge is 0.320 e. The number of nitrogens with one attached hydrogen (secondary N) is 3. The molecule has 0 saturated heterocycles. The first kappa shape index (κ1) is 20.0. The summed E-state index contributed by atoms with van der Waals surface area (Å²) in [6.45, 7) is 1.90. The zero-order valence-electron chi connectivity index (χ0n) is 17.4. The van der Waals surface area contributed by atoms with Crippen LogP contribution in [0.2, 0.25) is 5.02 Å². The van der Waals surface area contributed by atoms with Crippen LogP contribution in [0.25, 0.3) is 33.1 Å². The van der Waals surface area contributed by atoms with Gasteiger partial charge in [-0.25, -0.2) is 9.78 Å². The van der Waals surface area contributed by atoms with Gasteiger partial charge < -0.3 is 5.32 Å². The molecule has 0 aliphatic heterocycles. The normalized spacial score (nSPS) is 12.2. The molecule has 0 spiro atoms. The summed E-state index contributed by atoms with van der Waals surface area (Å²) in [5, 5.41) is 20.1. The highest BCUT2D eigenvalue weighted by atomic mass is 35.5. The number of urea groups is 1. The molecular formula is C23H20ClN7O. The van der Waals surface area contributed by atoms with Gasteiger partial charge in [-0.3, -0.25) is 15.1 Å². The van der Waals surface area contributed by atoms with Gasteiger partial charge in [-0.05, 0) is 36.8 Å². The van der Waals surface area contributed by atoms with Gasteiger partial charge in [-0.1, -0.05) is 29.8 Å². The van der Waals surface area contributed by atoms with E-state index in [-0.39, 0.29) is 12.1 Å². The molecule has 2 amide bonds. The van der Waals surface area contributed by atoms with Gasteiger partial charge >= 0.3 is 6.03 Å². The number of carbonyl (C=O) groups is 1. The minimum Gasteiger partial charge on any atom is -0.331 e. The monoisotopic (exact) mass is 445 g/mol. The Kier molecular flexibility index (Phi) is 4.99.